The summed E-state index contributed by atoms with van der Waals surface area (Å²) in [7, 11) is 0. The summed E-state index contributed by atoms with van der Waals surface area (Å²) in [5, 5.41) is 25.6. The molecule has 3 heterocycles. The van der Waals surface area contributed by atoms with Crippen LogP contribution in [0.2, 0.25) is 0 Å². The van der Waals surface area contributed by atoms with Crippen LogP contribution in [0.5, 0.6) is 0 Å². The number of carbonyl (C=O) groups excluding carboxylic acids is 2. The lowest BCUT2D eigenvalue weighted by Crippen LogP contribution is -2.71. The highest BCUT2D eigenvalue weighted by atomic mass is 32.2. The van der Waals surface area contributed by atoms with Crippen molar-refractivity contribution < 1.29 is 24.3 Å². The molecule has 2 aliphatic rings. The molecule has 3 rings (SSSR count). The summed E-state index contributed by atoms with van der Waals surface area (Å²) >= 11 is 3.44. The van der Waals surface area contributed by atoms with Crippen LogP contribution in [0.15, 0.2) is 40.6 Å². The Hall–Kier alpha value is -3.35. The Kier molecular flexibility index (Phi) is 8.09. The number of nitrogens with two attached hydrogens (primary N) is 1. The van der Waals surface area contributed by atoms with E-state index in [1.165, 1.54) is 35.7 Å². The van der Waals surface area contributed by atoms with E-state index < -0.39 is 29.2 Å². The van der Waals surface area contributed by atoms with E-state index in [0.717, 1.165) is 16.4 Å². The average molecular weight is 508 g/mol. The second kappa shape index (κ2) is 11.0. The van der Waals surface area contributed by atoms with E-state index in [9.17, 15) is 19.5 Å². The number of β-lactam (4-membered cyclic amide) rings is 1. The molecule has 0 aromatic carbocycles. The van der Waals surface area contributed by atoms with Gasteiger partial charge in [0.05, 0.1) is 6.07 Å². The van der Waals surface area contributed by atoms with Gasteiger partial charge in [0.25, 0.3) is 11.8 Å². The summed E-state index contributed by atoms with van der Waals surface area (Å²) in [5.74, 6) is -1.96. The van der Waals surface area contributed by atoms with E-state index in [1.807, 2.05) is 6.07 Å². The molecule has 1 aromatic heterocycles. The molecule has 4 N–H and O–H groups in total. The predicted molar refractivity (Wildman–Crippen MR) is 124 cm³/mol. The summed E-state index contributed by atoms with van der Waals surface area (Å²) in [5.41, 5.74) is 5.76. The molecule has 1 fully saturated rings. The van der Waals surface area contributed by atoms with Crippen LogP contribution < -0.4 is 11.1 Å². The van der Waals surface area contributed by atoms with E-state index in [0.29, 0.717) is 17.1 Å². The smallest absolute Gasteiger partial charge is 0.352 e. The minimum atomic E-state index is -1.24. The molecule has 2 aliphatic heterocycles. The van der Waals surface area contributed by atoms with Gasteiger partial charge in [0.15, 0.2) is 5.13 Å². The molecule has 2 amide bonds. The highest BCUT2D eigenvalue weighted by Gasteiger charge is 2.54. The van der Waals surface area contributed by atoms with E-state index in [1.54, 1.807) is 5.41 Å². The number of fused-ring (bicyclic) bond motifs is 1. The third-order valence-electron chi connectivity index (χ3n) is 4.25. The van der Waals surface area contributed by atoms with Crippen LogP contribution in [0.25, 0.3) is 0 Å². The maximum absolute atomic E-state index is 12.8. The highest BCUT2D eigenvalue weighted by molar-refractivity contribution is 8.02. The van der Waals surface area contributed by atoms with Crippen LogP contribution >= 0.6 is 35.1 Å². The first kappa shape index (κ1) is 24.3. The van der Waals surface area contributed by atoms with Crippen LogP contribution in [0.1, 0.15) is 5.82 Å². The fraction of sp³-hybridized carbons (Fsp3) is 0.278. The SMILES string of the molecule is C=CCON=C(C(=O)NC1C(=O)N2C(C(=O)O)=C(CS/C=C/C#N)CS[C@@H]12)c1nsc(N)n1. The Morgan fingerprint density at radius 3 is 2.97 bits per heavy atom. The topological polar surface area (TPSA) is 184 Å². The zero-order chi connectivity index (χ0) is 24.0. The number of aromatic nitrogens is 2. The van der Waals surface area contributed by atoms with E-state index in [-0.39, 0.29) is 29.0 Å². The standard InChI is InChI=1S/C18H17N7O5S3/c1-2-5-30-23-10(13-22-18(20)33-24-13)14(26)21-11-15(27)25-12(17(28)29)9(8-32-16(11)25)7-31-6-3-4-19/h2-3,6,11,16H,1,5,7-8H2,(H,21,26)(H,28,29)(H2,20,22,24)/b6-3+,23-10?/t11?,16-/m0/s1. The number of rotatable bonds is 10. The van der Waals surface area contributed by atoms with Crippen molar-refractivity contribution in [3.05, 3.63) is 41.2 Å². The fourth-order valence-electron chi connectivity index (χ4n) is 2.90. The minimum absolute atomic E-state index is 0.0299. The van der Waals surface area contributed by atoms with Gasteiger partial charge in [-0.1, -0.05) is 17.8 Å². The molecule has 1 saturated heterocycles. The molecule has 12 nitrogen and oxygen atoms in total. The van der Waals surface area contributed by atoms with Gasteiger partial charge in [0.2, 0.25) is 11.5 Å². The Balaban J connectivity index is 1.76. The second-order valence-electron chi connectivity index (χ2n) is 6.34. The van der Waals surface area contributed by atoms with E-state index >= 15 is 0 Å². The lowest BCUT2D eigenvalue weighted by atomic mass is 10.0. The van der Waals surface area contributed by atoms with Crippen LogP contribution in [0.3, 0.4) is 0 Å². The minimum Gasteiger partial charge on any atom is -0.477 e. The third kappa shape index (κ3) is 5.35. The molecule has 33 heavy (non-hydrogen) atoms. The van der Waals surface area contributed by atoms with Gasteiger partial charge in [-0.3, -0.25) is 14.5 Å². The Morgan fingerprint density at radius 2 is 2.33 bits per heavy atom. The van der Waals surface area contributed by atoms with E-state index in [2.05, 4.69) is 26.4 Å². The molecule has 0 aliphatic carbocycles. The Labute approximate surface area is 200 Å². The summed E-state index contributed by atoms with van der Waals surface area (Å²) < 4.78 is 3.95. The maximum Gasteiger partial charge on any atom is 0.352 e. The molecular formula is C18H17N7O5S3. The molecule has 1 unspecified atom stereocenters. The van der Waals surface area contributed by atoms with Crippen molar-refractivity contribution in [1.82, 2.24) is 19.6 Å². The molecule has 0 spiro atoms. The van der Waals surface area contributed by atoms with Gasteiger partial charge in [0, 0.05) is 29.1 Å². The Bertz CT molecular complexity index is 1110. The van der Waals surface area contributed by atoms with Crippen LogP contribution in [-0.2, 0) is 19.2 Å². The molecule has 0 radical (unpaired) electrons. The fourth-order valence-corrected chi connectivity index (χ4v) is 5.50. The molecule has 0 bridgehead atoms. The molecule has 0 saturated carbocycles. The molecule has 172 valence electrons. The first-order chi connectivity index (χ1) is 15.9. The number of nitrogens with zero attached hydrogens (tertiary/aromatic N) is 5. The Morgan fingerprint density at radius 1 is 1.55 bits per heavy atom. The quantitative estimate of drug-likeness (QED) is 0.100. The van der Waals surface area contributed by atoms with Gasteiger partial charge in [-0.2, -0.15) is 14.6 Å². The number of carboxylic acid groups (broad SMARTS) is 1. The second-order valence-corrected chi connectivity index (χ2v) is 9.12. The van der Waals surface area contributed by atoms with Gasteiger partial charge >= 0.3 is 5.97 Å². The average Bonchev–Trinajstić information content (AvgIpc) is 3.22. The number of nitrogen functional groups attached to an aromatic ring is 1. The third-order valence-corrected chi connectivity index (χ3v) is 6.98. The number of amides is 2. The number of carbonyl (C=O) groups is 3. The molecular weight excluding hydrogens is 490 g/mol. The maximum atomic E-state index is 12.8. The number of aliphatic carboxylic acids is 1. The molecule has 1 aromatic rings. The van der Waals surface area contributed by atoms with E-state index in [4.69, 9.17) is 15.8 Å². The van der Waals surface area contributed by atoms with Crippen molar-refractivity contribution in [3.8, 4) is 6.07 Å². The number of nitriles is 1. The number of anilines is 1. The number of thioether (sulfide) groups is 2. The lowest BCUT2D eigenvalue weighted by Gasteiger charge is -2.49. The first-order valence-electron chi connectivity index (χ1n) is 9.16. The van der Waals surface area contributed by atoms with Crippen molar-refractivity contribution >= 4 is 63.7 Å². The first-order valence-corrected chi connectivity index (χ1v) is 12.0. The van der Waals surface area contributed by atoms with Gasteiger partial charge < -0.3 is 21.0 Å². The van der Waals surface area contributed by atoms with Gasteiger partial charge in [-0.15, -0.1) is 23.5 Å². The van der Waals surface area contributed by atoms with Crippen molar-refractivity contribution in [2.24, 2.45) is 5.16 Å². The number of carboxylic acids is 1. The molecule has 2 atom stereocenters. The molecule has 15 heteroatoms. The van der Waals surface area contributed by atoms with Crippen molar-refractivity contribution in [2.75, 3.05) is 23.8 Å². The monoisotopic (exact) mass is 507 g/mol. The predicted octanol–water partition coefficient (Wildman–Crippen LogP) is 0.536. The zero-order valence-electron chi connectivity index (χ0n) is 16.8. The van der Waals surface area contributed by atoms with Gasteiger partial charge in [-0.25, -0.2) is 4.79 Å². The summed E-state index contributed by atoms with van der Waals surface area (Å²) in [4.78, 5) is 47.6. The van der Waals surface area contributed by atoms with Crippen LogP contribution in [0, 0.1) is 11.3 Å². The normalized spacial score (nSPS) is 20.2. The largest absolute Gasteiger partial charge is 0.477 e. The van der Waals surface area contributed by atoms with Gasteiger partial charge in [0.1, 0.15) is 23.7 Å². The number of oxime groups is 1. The zero-order valence-corrected chi connectivity index (χ0v) is 19.3. The number of hydrogen-bond donors (Lipinski definition) is 3. The summed E-state index contributed by atoms with van der Waals surface area (Å²) in [6.45, 7) is 3.52. The van der Waals surface area contributed by atoms with Gasteiger partial charge in [-0.05, 0) is 11.0 Å². The summed E-state index contributed by atoms with van der Waals surface area (Å²) in [6.07, 6.45) is 2.72. The number of hydrogen-bond acceptors (Lipinski definition) is 12. The van der Waals surface area contributed by atoms with Crippen LogP contribution in [-0.4, -0.2) is 72.4 Å². The number of allylic oxidation sites excluding steroid dienone is 1. The highest BCUT2D eigenvalue weighted by Crippen LogP contribution is 2.41. The number of nitrogens with one attached hydrogen (secondary N) is 1. The van der Waals surface area contributed by atoms with Crippen molar-refractivity contribution in [3.63, 3.8) is 0 Å². The summed E-state index contributed by atoms with van der Waals surface area (Å²) in [6, 6.07) is 0.886. The van der Waals surface area contributed by atoms with Crippen molar-refractivity contribution in [1.29, 1.82) is 5.26 Å². The lowest BCUT2D eigenvalue weighted by molar-refractivity contribution is -0.150. The van der Waals surface area contributed by atoms with Crippen LogP contribution in [0.4, 0.5) is 5.13 Å². The van der Waals surface area contributed by atoms with Crippen molar-refractivity contribution in [2.45, 2.75) is 11.4 Å².